The molecule has 31 heavy (non-hydrogen) atoms. The van der Waals surface area contributed by atoms with Crippen LogP contribution in [0.25, 0.3) is 0 Å². The Morgan fingerprint density at radius 2 is 1.58 bits per heavy atom. The van der Waals surface area contributed by atoms with E-state index in [9.17, 15) is 9.90 Å². The average molecular weight is 437 g/mol. The zero-order chi connectivity index (χ0) is 21.6. The number of ether oxygens (including phenoxy) is 1. The number of halogens is 1. The van der Waals surface area contributed by atoms with E-state index in [0.29, 0.717) is 36.0 Å². The Kier molecular flexibility index (Phi) is 6.75. The fraction of sp³-hybridized carbons (Fsp3) is 0.240. The lowest BCUT2D eigenvalue weighted by Gasteiger charge is -2.39. The third-order valence-corrected chi connectivity index (χ3v) is 5.80. The van der Waals surface area contributed by atoms with E-state index < -0.39 is 12.0 Å². The molecule has 1 aliphatic heterocycles. The summed E-state index contributed by atoms with van der Waals surface area (Å²) in [7, 11) is 0. The summed E-state index contributed by atoms with van der Waals surface area (Å²) in [6, 6.07) is 24.4. The Bertz CT molecular complexity index is 1010. The van der Waals surface area contributed by atoms with Crippen LogP contribution >= 0.6 is 11.6 Å². The van der Waals surface area contributed by atoms with Crippen LogP contribution in [0.5, 0.6) is 11.5 Å². The van der Waals surface area contributed by atoms with Gasteiger partial charge in [-0.05, 0) is 48.0 Å². The van der Waals surface area contributed by atoms with Crippen molar-refractivity contribution in [1.82, 2.24) is 4.90 Å². The molecule has 1 aliphatic rings. The summed E-state index contributed by atoms with van der Waals surface area (Å²) in [6.45, 7) is 2.94. The lowest BCUT2D eigenvalue weighted by molar-refractivity contribution is -0.143. The summed E-state index contributed by atoms with van der Waals surface area (Å²) in [6.07, 6.45) is 0.323. The Morgan fingerprint density at radius 3 is 2.23 bits per heavy atom. The Balaban J connectivity index is 1.49. The smallest absolute Gasteiger partial charge is 0.321 e. The van der Waals surface area contributed by atoms with Crippen LogP contribution in [0.1, 0.15) is 5.56 Å². The van der Waals surface area contributed by atoms with Crippen LogP contribution in [0, 0.1) is 0 Å². The van der Waals surface area contributed by atoms with E-state index >= 15 is 0 Å². The summed E-state index contributed by atoms with van der Waals surface area (Å²) in [5, 5.41) is 10.6. The van der Waals surface area contributed by atoms with Crippen LogP contribution in [0.15, 0.2) is 78.9 Å². The molecule has 1 N–H and O–H groups in total. The van der Waals surface area contributed by atoms with Gasteiger partial charge in [0, 0.05) is 43.3 Å². The van der Waals surface area contributed by atoms with Gasteiger partial charge in [0.05, 0.1) is 0 Å². The molecule has 4 rings (SSSR count). The van der Waals surface area contributed by atoms with Gasteiger partial charge in [-0.1, -0.05) is 48.0 Å². The molecule has 3 aromatic rings. The second kappa shape index (κ2) is 9.86. The molecular weight excluding hydrogens is 412 g/mol. The maximum absolute atomic E-state index is 12.2. The minimum Gasteiger partial charge on any atom is -0.480 e. The minimum absolute atomic E-state index is 0.323. The quantitative estimate of drug-likeness (QED) is 0.568. The predicted molar refractivity (Wildman–Crippen MR) is 123 cm³/mol. The number of nitrogens with zero attached hydrogens (tertiary/aromatic N) is 2. The summed E-state index contributed by atoms with van der Waals surface area (Å²) in [4.78, 5) is 16.5. The van der Waals surface area contributed by atoms with Gasteiger partial charge < -0.3 is 14.7 Å². The predicted octanol–water partition coefficient (Wildman–Crippen LogP) is 4.95. The molecule has 1 fully saturated rings. The van der Waals surface area contributed by atoms with Crippen molar-refractivity contribution in [3.05, 3.63) is 89.4 Å². The molecule has 0 bridgehead atoms. The number of rotatable bonds is 7. The van der Waals surface area contributed by atoms with Crippen molar-refractivity contribution in [1.29, 1.82) is 0 Å². The highest BCUT2D eigenvalue weighted by Crippen LogP contribution is 2.30. The molecule has 0 aliphatic carbocycles. The number of aliphatic carboxylic acids is 1. The first-order valence-corrected chi connectivity index (χ1v) is 10.8. The van der Waals surface area contributed by atoms with Crippen molar-refractivity contribution in [3.8, 4) is 11.5 Å². The molecule has 0 unspecified atom stereocenters. The molecule has 1 atom stereocenters. The van der Waals surface area contributed by atoms with Crippen molar-refractivity contribution >= 4 is 23.3 Å². The summed E-state index contributed by atoms with van der Waals surface area (Å²) >= 11 is 6.23. The van der Waals surface area contributed by atoms with Crippen molar-refractivity contribution in [2.75, 3.05) is 31.1 Å². The second-order valence-electron chi connectivity index (χ2n) is 7.58. The average Bonchev–Trinajstić information content (AvgIpc) is 2.80. The molecule has 5 nitrogen and oxygen atoms in total. The van der Waals surface area contributed by atoms with Crippen molar-refractivity contribution in [2.45, 2.75) is 12.5 Å². The van der Waals surface area contributed by atoms with Gasteiger partial charge in [-0.15, -0.1) is 0 Å². The highest BCUT2D eigenvalue weighted by atomic mass is 35.5. The standard InChI is InChI=1S/C25H25ClN2O3/c26-20-11-12-24(31-22-9-5-2-6-10-22)19(17-20)18-23(25(29)30)28-15-13-27(14-16-28)21-7-3-1-4-8-21/h1-12,17,23H,13-16,18H2,(H,29,30)/t23-/m0/s1. The van der Waals surface area contributed by atoms with Crippen molar-refractivity contribution < 1.29 is 14.6 Å². The molecule has 0 radical (unpaired) electrons. The Labute approximate surface area is 187 Å². The SMILES string of the molecule is O=C(O)[C@H](Cc1cc(Cl)ccc1Oc1ccccc1)N1CCN(c2ccccc2)CC1. The van der Waals surface area contributed by atoms with Crippen LogP contribution in [0.4, 0.5) is 5.69 Å². The van der Waals surface area contributed by atoms with E-state index in [1.807, 2.05) is 53.4 Å². The lowest BCUT2D eigenvalue weighted by atomic mass is 10.0. The number of anilines is 1. The molecule has 3 aromatic carbocycles. The molecular formula is C25H25ClN2O3. The highest BCUT2D eigenvalue weighted by molar-refractivity contribution is 6.30. The van der Waals surface area contributed by atoms with Gasteiger partial charge in [0.15, 0.2) is 0 Å². The molecule has 6 heteroatoms. The molecule has 0 spiro atoms. The molecule has 0 amide bonds. The number of carbonyl (C=O) groups is 1. The Morgan fingerprint density at radius 1 is 0.935 bits per heavy atom. The van der Waals surface area contributed by atoms with Gasteiger partial charge in [-0.2, -0.15) is 0 Å². The van der Waals surface area contributed by atoms with E-state index in [1.54, 1.807) is 18.2 Å². The maximum Gasteiger partial charge on any atom is 0.321 e. The van der Waals surface area contributed by atoms with E-state index in [4.69, 9.17) is 16.3 Å². The number of piperazine rings is 1. The normalized spacial score (nSPS) is 15.5. The van der Waals surface area contributed by atoms with E-state index in [-0.39, 0.29) is 0 Å². The van der Waals surface area contributed by atoms with Crippen LogP contribution in [-0.4, -0.2) is 48.2 Å². The van der Waals surface area contributed by atoms with E-state index in [2.05, 4.69) is 17.0 Å². The molecule has 160 valence electrons. The number of benzene rings is 3. The highest BCUT2D eigenvalue weighted by Gasteiger charge is 2.30. The van der Waals surface area contributed by atoms with Crippen LogP contribution in [0.2, 0.25) is 5.02 Å². The van der Waals surface area contributed by atoms with Gasteiger partial charge in [0.25, 0.3) is 0 Å². The van der Waals surface area contributed by atoms with Crippen LogP contribution in [-0.2, 0) is 11.2 Å². The fourth-order valence-electron chi connectivity index (χ4n) is 3.93. The van der Waals surface area contributed by atoms with Gasteiger partial charge in [-0.25, -0.2) is 0 Å². The first kappa shape index (κ1) is 21.2. The van der Waals surface area contributed by atoms with Crippen molar-refractivity contribution in [3.63, 3.8) is 0 Å². The van der Waals surface area contributed by atoms with Gasteiger partial charge in [-0.3, -0.25) is 9.69 Å². The van der Waals surface area contributed by atoms with E-state index in [0.717, 1.165) is 18.7 Å². The number of carboxylic acids is 1. The first-order valence-electron chi connectivity index (χ1n) is 10.4. The number of para-hydroxylation sites is 2. The molecule has 0 aromatic heterocycles. The minimum atomic E-state index is -0.834. The molecule has 1 saturated heterocycles. The summed E-state index contributed by atoms with van der Waals surface area (Å²) < 4.78 is 6.03. The summed E-state index contributed by atoms with van der Waals surface area (Å²) in [5.74, 6) is 0.498. The van der Waals surface area contributed by atoms with Crippen molar-refractivity contribution in [2.24, 2.45) is 0 Å². The second-order valence-corrected chi connectivity index (χ2v) is 8.02. The van der Waals surface area contributed by atoms with Gasteiger partial charge in [0.1, 0.15) is 17.5 Å². The monoisotopic (exact) mass is 436 g/mol. The van der Waals surface area contributed by atoms with Gasteiger partial charge in [0.2, 0.25) is 0 Å². The molecule has 1 heterocycles. The van der Waals surface area contributed by atoms with Crippen LogP contribution < -0.4 is 9.64 Å². The Hall–Kier alpha value is -3.02. The van der Waals surface area contributed by atoms with E-state index in [1.165, 1.54) is 5.69 Å². The maximum atomic E-state index is 12.2. The third kappa shape index (κ3) is 5.37. The third-order valence-electron chi connectivity index (χ3n) is 5.57. The first-order chi connectivity index (χ1) is 15.1. The lowest BCUT2D eigenvalue weighted by Crippen LogP contribution is -2.53. The zero-order valence-corrected chi connectivity index (χ0v) is 17.9. The van der Waals surface area contributed by atoms with Gasteiger partial charge >= 0.3 is 5.97 Å². The zero-order valence-electron chi connectivity index (χ0n) is 17.2. The van der Waals surface area contributed by atoms with Crippen LogP contribution in [0.3, 0.4) is 0 Å². The largest absolute Gasteiger partial charge is 0.480 e. The topological polar surface area (TPSA) is 53.0 Å². The number of hydrogen-bond acceptors (Lipinski definition) is 4. The number of carboxylic acid groups (broad SMARTS) is 1. The fourth-order valence-corrected chi connectivity index (χ4v) is 4.13. The summed E-state index contributed by atoms with van der Waals surface area (Å²) in [5.41, 5.74) is 1.96. The number of hydrogen-bond donors (Lipinski definition) is 1. The molecule has 0 saturated carbocycles.